The molecule has 0 aliphatic heterocycles. The SMILES string of the molecule is CC12CC(c3cccc(/C=C/c4ccccn4)c3)C3=C4CCC(=O)C=C4CCC3C1CCC2O. The molecule has 2 aromatic rings. The molecule has 0 saturated heterocycles. The number of carbonyl (C=O) groups excluding carboxylic acids is 1. The Hall–Kier alpha value is -2.78. The maximum absolute atomic E-state index is 12.2. The summed E-state index contributed by atoms with van der Waals surface area (Å²) in [7, 11) is 0. The average molecular weight is 452 g/mol. The van der Waals surface area contributed by atoms with Crippen molar-refractivity contribution < 1.29 is 9.90 Å². The van der Waals surface area contributed by atoms with E-state index < -0.39 is 0 Å². The molecule has 3 nitrogen and oxygen atoms in total. The van der Waals surface area contributed by atoms with Crippen LogP contribution in [0.3, 0.4) is 0 Å². The maximum Gasteiger partial charge on any atom is 0.156 e. The zero-order valence-electron chi connectivity index (χ0n) is 19.9. The number of fused-ring (bicyclic) bond motifs is 4. The van der Waals surface area contributed by atoms with Crippen molar-refractivity contribution >= 4 is 17.9 Å². The average Bonchev–Trinajstić information content (AvgIpc) is 3.16. The van der Waals surface area contributed by atoms with Crippen LogP contribution in [0.5, 0.6) is 0 Å². The first-order valence-electron chi connectivity index (χ1n) is 12.9. The minimum atomic E-state index is -0.219. The van der Waals surface area contributed by atoms with Gasteiger partial charge in [0.25, 0.3) is 0 Å². The van der Waals surface area contributed by atoms with Crippen molar-refractivity contribution in [1.29, 1.82) is 0 Å². The van der Waals surface area contributed by atoms with E-state index in [1.54, 1.807) is 5.57 Å². The number of rotatable bonds is 3. The van der Waals surface area contributed by atoms with E-state index in [0.29, 0.717) is 24.2 Å². The number of pyridine rings is 1. The second kappa shape index (κ2) is 8.46. The van der Waals surface area contributed by atoms with Gasteiger partial charge in [-0.1, -0.05) is 48.9 Å². The third-order valence-corrected chi connectivity index (χ3v) is 9.13. The number of aliphatic hydroxyl groups excluding tert-OH is 1. The summed E-state index contributed by atoms with van der Waals surface area (Å²) >= 11 is 0. The fraction of sp³-hybridized carbons (Fsp3) is 0.419. The Bertz CT molecular complexity index is 1210. The molecule has 4 aliphatic rings. The van der Waals surface area contributed by atoms with E-state index in [1.165, 1.54) is 22.3 Å². The molecule has 1 aromatic heterocycles. The Morgan fingerprint density at radius 3 is 2.79 bits per heavy atom. The van der Waals surface area contributed by atoms with Gasteiger partial charge in [0.2, 0.25) is 0 Å². The second-order valence-corrected chi connectivity index (χ2v) is 10.9. The molecule has 1 heterocycles. The highest BCUT2D eigenvalue weighted by atomic mass is 16.3. The predicted octanol–water partition coefficient (Wildman–Crippen LogP) is 6.51. The van der Waals surface area contributed by atoms with Crippen LogP contribution in [0.4, 0.5) is 0 Å². The highest BCUT2D eigenvalue weighted by molar-refractivity contribution is 5.93. The summed E-state index contributed by atoms with van der Waals surface area (Å²) in [6, 6.07) is 14.9. The third-order valence-electron chi connectivity index (χ3n) is 9.13. The molecular weight excluding hydrogens is 418 g/mol. The van der Waals surface area contributed by atoms with Gasteiger partial charge in [-0.05, 0) is 102 Å². The number of aromatic nitrogens is 1. The summed E-state index contributed by atoms with van der Waals surface area (Å²) in [6.07, 6.45) is 14.4. The Morgan fingerprint density at radius 1 is 1.03 bits per heavy atom. The van der Waals surface area contributed by atoms with E-state index in [9.17, 15) is 9.90 Å². The molecule has 0 bridgehead atoms. The van der Waals surface area contributed by atoms with E-state index in [1.807, 2.05) is 30.5 Å². The number of ketones is 1. The Morgan fingerprint density at radius 2 is 1.94 bits per heavy atom. The van der Waals surface area contributed by atoms with Crippen molar-refractivity contribution in [3.63, 3.8) is 0 Å². The smallest absolute Gasteiger partial charge is 0.156 e. The number of aliphatic hydroxyl groups is 1. The van der Waals surface area contributed by atoms with Crippen LogP contribution in [0.25, 0.3) is 12.2 Å². The summed E-state index contributed by atoms with van der Waals surface area (Å²) in [6.45, 7) is 2.34. The molecule has 0 spiro atoms. The molecule has 2 saturated carbocycles. The summed E-state index contributed by atoms with van der Waals surface area (Å²) in [5.74, 6) is 1.66. The van der Waals surface area contributed by atoms with Gasteiger partial charge in [-0.25, -0.2) is 0 Å². The standard InChI is InChI=1S/C31H33NO2/c1-31-19-27(21-6-4-5-20(17-21)8-10-23-7-2-3-16-32-23)30-25-13-11-24(33)18-22(25)9-12-26(30)28(31)14-15-29(31)34/h2-8,10,16-18,26-29,34H,9,11-15,19H2,1H3/b10-8+. The van der Waals surface area contributed by atoms with Crippen molar-refractivity contribution in [1.82, 2.24) is 4.98 Å². The Labute approximate surface area is 202 Å². The second-order valence-electron chi connectivity index (χ2n) is 10.9. The normalized spacial score (nSPS) is 32.9. The lowest BCUT2D eigenvalue weighted by Gasteiger charge is -2.52. The fourth-order valence-electron chi connectivity index (χ4n) is 7.47. The van der Waals surface area contributed by atoms with Crippen LogP contribution in [0, 0.1) is 17.3 Å². The summed E-state index contributed by atoms with van der Waals surface area (Å²) in [4.78, 5) is 16.6. The number of hydrogen-bond acceptors (Lipinski definition) is 3. The van der Waals surface area contributed by atoms with Gasteiger partial charge in [0.05, 0.1) is 11.8 Å². The van der Waals surface area contributed by atoms with Crippen molar-refractivity contribution in [2.75, 3.05) is 0 Å². The first-order chi connectivity index (χ1) is 16.5. The highest BCUT2D eigenvalue weighted by Gasteiger charge is 2.56. The number of hydrogen-bond donors (Lipinski definition) is 1. The number of allylic oxidation sites excluding steroid dienone is 4. The lowest BCUT2D eigenvalue weighted by atomic mass is 9.53. The van der Waals surface area contributed by atoms with E-state index in [0.717, 1.165) is 44.2 Å². The number of nitrogens with zero attached hydrogens (tertiary/aromatic N) is 1. The predicted molar refractivity (Wildman–Crippen MR) is 136 cm³/mol. The molecule has 5 atom stereocenters. The molecule has 3 heteroatoms. The van der Waals surface area contributed by atoms with E-state index >= 15 is 0 Å². The first-order valence-corrected chi connectivity index (χ1v) is 12.9. The largest absolute Gasteiger partial charge is 0.393 e. The van der Waals surface area contributed by atoms with Gasteiger partial charge < -0.3 is 5.11 Å². The molecule has 4 aliphatic carbocycles. The van der Waals surface area contributed by atoms with Gasteiger partial charge in [0, 0.05) is 18.5 Å². The Kier molecular flexibility index (Phi) is 5.41. The lowest BCUT2D eigenvalue weighted by Crippen LogP contribution is -2.45. The molecule has 0 radical (unpaired) electrons. The highest BCUT2D eigenvalue weighted by Crippen LogP contribution is 2.63. The van der Waals surface area contributed by atoms with Crippen LogP contribution in [0.1, 0.15) is 74.6 Å². The molecule has 1 N–H and O–H groups in total. The molecular formula is C31H33NO2. The summed E-state index contributed by atoms with van der Waals surface area (Å²) in [5, 5.41) is 11.1. The van der Waals surface area contributed by atoms with Crippen LogP contribution in [0.2, 0.25) is 0 Å². The van der Waals surface area contributed by atoms with E-state index in [-0.39, 0.29) is 17.3 Å². The van der Waals surface area contributed by atoms with Gasteiger partial charge in [0.15, 0.2) is 5.78 Å². The van der Waals surface area contributed by atoms with Crippen LogP contribution >= 0.6 is 0 Å². The van der Waals surface area contributed by atoms with Crippen molar-refractivity contribution in [2.24, 2.45) is 17.3 Å². The third kappa shape index (κ3) is 3.62. The minimum absolute atomic E-state index is 0.0368. The van der Waals surface area contributed by atoms with Gasteiger partial charge in [0.1, 0.15) is 0 Å². The van der Waals surface area contributed by atoms with Crippen LogP contribution < -0.4 is 0 Å². The molecule has 5 unspecified atom stereocenters. The minimum Gasteiger partial charge on any atom is -0.393 e. The molecule has 174 valence electrons. The molecule has 6 rings (SSSR count). The maximum atomic E-state index is 12.2. The lowest BCUT2D eigenvalue weighted by molar-refractivity contribution is -0.114. The van der Waals surface area contributed by atoms with Crippen molar-refractivity contribution in [3.8, 4) is 0 Å². The topological polar surface area (TPSA) is 50.2 Å². The summed E-state index contributed by atoms with van der Waals surface area (Å²) < 4.78 is 0. The van der Waals surface area contributed by atoms with Gasteiger partial charge in [-0.3, -0.25) is 9.78 Å². The van der Waals surface area contributed by atoms with Crippen LogP contribution in [-0.2, 0) is 4.79 Å². The fourth-order valence-corrected chi connectivity index (χ4v) is 7.47. The number of carbonyl (C=O) groups is 1. The van der Waals surface area contributed by atoms with Crippen molar-refractivity contribution in [3.05, 3.63) is 88.3 Å². The van der Waals surface area contributed by atoms with Gasteiger partial charge in [-0.15, -0.1) is 0 Å². The Balaban J connectivity index is 1.43. The molecule has 2 fully saturated rings. The first kappa shape index (κ1) is 21.7. The van der Waals surface area contributed by atoms with Crippen LogP contribution in [-0.4, -0.2) is 22.0 Å². The van der Waals surface area contributed by atoms with E-state index in [2.05, 4.69) is 48.3 Å². The molecule has 1 aromatic carbocycles. The number of benzene rings is 1. The summed E-state index contributed by atoms with van der Waals surface area (Å²) in [5.41, 5.74) is 7.79. The molecule has 0 amide bonds. The quantitative estimate of drug-likeness (QED) is 0.578. The molecule has 34 heavy (non-hydrogen) atoms. The van der Waals surface area contributed by atoms with Crippen LogP contribution in [0.15, 0.2) is 71.5 Å². The van der Waals surface area contributed by atoms with Gasteiger partial charge in [-0.2, -0.15) is 0 Å². The van der Waals surface area contributed by atoms with Gasteiger partial charge >= 0.3 is 0 Å². The monoisotopic (exact) mass is 451 g/mol. The van der Waals surface area contributed by atoms with Crippen molar-refractivity contribution in [2.45, 2.75) is 63.9 Å². The zero-order valence-corrected chi connectivity index (χ0v) is 19.9. The van der Waals surface area contributed by atoms with E-state index in [4.69, 9.17) is 0 Å². The zero-order chi connectivity index (χ0) is 23.3.